The second kappa shape index (κ2) is 7.62. The molecule has 0 heterocycles. The van der Waals surface area contributed by atoms with Crippen molar-refractivity contribution in [2.75, 3.05) is 39.3 Å². The first kappa shape index (κ1) is 14.4. The molecule has 0 aliphatic carbocycles. The number of anilines is 1. The van der Waals surface area contributed by atoms with Crippen LogP contribution in [0, 0.1) is 5.82 Å². The Kier molecular flexibility index (Phi) is 6.10. The van der Waals surface area contributed by atoms with Gasteiger partial charge in [0.1, 0.15) is 12.4 Å². The number of benzene rings is 1. The Morgan fingerprint density at radius 3 is 2.67 bits per heavy atom. The lowest BCUT2D eigenvalue weighted by Crippen LogP contribution is -2.13. The van der Waals surface area contributed by atoms with E-state index in [2.05, 4.69) is 0 Å². The minimum atomic E-state index is -0.733. The molecule has 0 saturated heterocycles. The molecule has 0 bridgehead atoms. The molecule has 0 atom stereocenters. The van der Waals surface area contributed by atoms with Crippen LogP contribution in [0.3, 0.4) is 0 Å². The van der Waals surface area contributed by atoms with Gasteiger partial charge in [-0.3, -0.25) is 0 Å². The van der Waals surface area contributed by atoms with Crippen LogP contribution in [0.4, 0.5) is 10.1 Å². The van der Waals surface area contributed by atoms with Crippen molar-refractivity contribution < 1.29 is 23.4 Å². The van der Waals surface area contributed by atoms with E-state index in [4.69, 9.17) is 19.9 Å². The first-order valence-electron chi connectivity index (χ1n) is 5.44. The fourth-order valence-electron chi connectivity index (χ4n) is 1.21. The van der Waals surface area contributed by atoms with Gasteiger partial charge in [0, 0.05) is 12.8 Å². The molecule has 1 aromatic rings. The molecule has 0 aromatic heterocycles. The van der Waals surface area contributed by atoms with Gasteiger partial charge in [0.25, 0.3) is 0 Å². The third-order valence-corrected chi connectivity index (χ3v) is 2.11. The van der Waals surface area contributed by atoms with Crippen molar-refractivity contribution in [1.82, 2.24) is 0 Å². The van der Waals surface area contributed by atoms with Gasteiger partial charge in [-0.05, 0) is 18.2 Å². The van der Waals surface area contributed by atoms with Crippen LogP contribution >= 0.6 is 0 Å². The highest BCUT2D eigenvalue weighted by molar-refractivity contribution is 5.90. The van der Waals surface area contributed by atoms with Crippen LogP contribution < -0.4 is 5.73 Å². The van der Waals surface area contributed by atoms with Crippen molar-refractivity contribution >= 4 is 11.7 Å². The largest absolute Gasteiger partial charge is 0.460 e. The molecule has 0 radical (unpaired) electrons. The summed E-state index contributed by atoms with van der Waals surface area (Å²) in [6, 6.07) is 3.80. The Balaban J connectivity index is 2.32. The summed E-state index contributed by atoms with van der Waals surface area (Å²) in [5.41, 5.74) is 5.49. The van der Waals surface area contributed by atoms with Gasteiger partial charge in [-0.2, -0.15) is 0 Å². The summed E-state index contributed by atoms with van der Waals surface area (Å²) in [6.45, 7) is 1.20. The van der Waals surface area contributed by atoms with E-state index in [0.717, 1.165) is 6.07 Å². The second-order valence-electron chi connectivity index (χ2n) is 3.48. The third kappa shape index (κ3) is 4.68. The fourth-order valence-corrected chi connectivity index (χ4v) is 1.21. The number of rotatable bonds is 7. The van der Waals surface area contributed by atoms with Crippen molar-refractivity contribution in [3.63, 3.8) is 0 Å². The highest BCUT2D eigenvalue weighted by atomic mass is 19.1. The van der Waals surface area contributed by atoms with Crippen molar-refractivity contribution in [1.29, 1.82) is 0 Å². The van der Waals surface area contributed by atoms with E-state index in [9.17, 15) is 9.18 Å². The average molecular weight is 257 g/mol. The molecule has 0 unspecified atom stereocenters. The monoisotopic (exact) mass is 257 g/mol. The molecule has 100 valence electrons. The summed E-state index contributed by atoms with van der Waals surface area (Å²) in [6.07, 6.45) is 0. The van der Waals surface area contributed by atoms with Gasteiger partial charge in [-0.25, -0.2) is 9.18 Å². The minimum absolute atomic E-state index is 0.0619. The number of hydrogen-bond donors (Lipinski definition) is 1. The smallest absolute Gasteiger partial charge is 0.341 e. The van der Waals surface area contributed by atoms with Crippen LogP contribution in [0.25, 0.3) is 0 Å². The molecule has 0 fully saturated rings. The zero-order chi connectivity index (χ0) is 13.4. The summed E-state index contributed by atoms with van der Waals surface area (Å²) in [4.78, 5) is 11.5. The van der Waals surface area contributed by atoms with Gasteiger partial charge in [0.2, 0.25) is 0 Å². The number of nitrogen functional groups attached to an aromatic ring is 1. The van der Waals surface area contributed by atoms with Crippen molar-refractivity contribution in [2.45, 2.75) is 0 Å². The quantitative estimate of drug-likeness (QED) is 0.452. The highest BCUT2D eigenvalue weighted by Gasteiger charge is 2.12. The molecule has 5 nitrogen and oxygen atoms in total. The summed E-state index contributed by atoms with van der Waals surface area (Å²) >= 11 is 0. The highest BCUT2D eigenvalue weighted by Crippen LogP contribution is 2.12. The lowest BCUT2D eigenvalue weighted by molar-refractivity contribution is 0.0210. The summed E-state index contributed by atoms with van der Waals surface area (Å²) in [7, 11) is 1.56. The van der Waals surface area contributed by atoms with E-state index < -0.39 is 11.8 Å². The maximum atomic E-state index is 13.3. The maximum Gasteiger partial charge on any atom is 0.341 e. The molecule has 6 heteroatoms. The van der Waals surface area contributed by atoms with Gasteiger partial charge < -0.3 is 19.9 Å². The molecule has 0 aliphatic rings. The number of methoxy groups -OCH3 is 1. The van der Waals surface area contributed by atoms with Crippen molar-refractivity contribution in [2.24, 2.45) is 0 Å². The first-order valence-corrected chi connectivity index (χ1v) is 5.44. The van der Waals surface area contributed by atoms with Gasteiger partial charge in [0.15, 0.2) is 0 Å². The molecule has 1 rings (SSSR count). The number of carbonyl (C=O) groups excluding carboxylic acids is 1. The Morgan fingerprint density at radius 2 is 2.00 bits per heavy atom. The van der Waals surface area contributed by atoms with Crippen LogP contribution in [0.15, 0.2) is 18.2 Å². The Bertz CT molecular complexity index is 398. The van der Waals surface area contributed by atoms with Crippen LogP contribution in [-0.4, -0.2) is 39.5 Å². The molecule has 2 N–H and O–H groups in total. The van der Waals surface area contributed by atoms with E-state index in [1.54, 1.807) is 7.11 Å². The molecule has 0 saturated carbocycles. The normalized spacial score (nSPS) is 10.3. The molecular formula is C12H16FNO4. The van der Waals surface area contributed by atoms with Crippen LogP contribution in [-0.2, 0) is 14.2 Å². The average Bonchev–Trinajstić information content (AvgIpc) is 2.33. The van der Waals surface area contributed by atoms with Crippen LogP contribution in [0.2, 0.25) is 0 Å². The Morgan fingerprint density at radius 1 is 1.28 bits per heavy atom. The lowest BCUT2D eigenvalue weighted by atomic mass is 10.2. The molecular weight excluding hydrogens is 241 g/mol. The number of ether oxygens (including phenoxy) is 3. The van der Waals surface area contributed by atoms with Gasteiger partial charge in [0.05, 0.1) is 25.4 Å². The zero-order valence-electron chi connectivity index (χ0n) is 10.1. The first-order chi connectivity index (χ1) is 8.65. The van der Waals surface area contributed by atoms with Gasteiger partial charge in [-0.15, -0.1) is 0 Å². The standard InChI is InChI=1S/C12H16FNO4/c1-16-4-5-17-6-7-18-12(15)10-3-2-9(14)8-11(10)13/h2-3,8H,4-7,14H2,1H3. The number of esters is 1. The van der Waals surface area contributed by atoms with E-state index in [-0.39, 0.29) is 24.5 Å². The fraction of sp³-hybridized carbons (Fsp3) is 0.417. The minimum Gasteiger partial charge on any atom is -0.460 e. The second-order valence-corrected chi connectivity index (χ2v) is 3.48. The lowest BCUT2D eigenvalue weighted by Gasteiger charge is -2.06. The summed E-state index contributed by atoms with van der Waals surface area (Å²) in [5.74, 6) is -1.43. The SMILES string of the molecule is COCCOCCOC(=O)c1ccc(N)cc1F. The summed E-state index contributed by atoms with van der Waals surface area (Å²) in [5, 5.41) is 0. The number of hydrogen-bond acceptors (Lipinski definition) is 5. The Hall–Kier alpha value is -1.66. The van der Waals surface area contributed by atoms with Crippen LogP contribution in [0.5, 0.6) is 0 Å². The molecule has 0 amide bonds. The zero-order valence-corrected chi connectivity index (χ0v) is 10.1. The maximum absolute atomic E-state index is 13.3. The molecule has 1 aromatic carbocycles. The van der Waals surface area contributed by atoms with E-state index >= 15 is 0 Å². The van der Waals surface area contributed by atoms with Crippen molar-refractivity contribution in [3.8, 4) is 0 Å². The van der Waals surface area contributed by atoms with E-state index in [1.807, 2.05) is 0 Å². The molecule has 0 spiro atoms. The van der Waals surface area contributed by atoms with E-state index in [1.165, 1.54) is 12.1 Å². The Labute approximate surface area is 105 Å². The predicted octanol–water partition coefficient (Wildman–Crippen LogP) is 1.23. The van der Waals surface area contributed by atoms with Gasteiger partial charge in [-0.1, -0.05) is 0 Å². The number of halogens is 1. The number of nitrogens with two attached hydrogens (primary N) is 1. The third-order valence-electron chi connectivity index (χ3n) is 2.11. The molecule has 18 heavy (non-hydrogen) atoms. The molecule has 0 aliphatic heterocycles. The summed E-state index contributed by atoms with van der Waals surface area (Å²) < 4.78 is 28.1. The predicted molar refractivity (Wildman–Crippen MR) is 63.8 cm³/mol. The number of carbonyl (C=O) groups is 1. The topological polar surface area (TPSA) is 70.8 Å². The van der Waals surface area contributed by atoms with Crippen molar-refractivity contribution in [3.05, 3.63) is 29.6 Å². The van der Waals surface area contributed by atoms with Crippen LogP contribution in [0.1, 0.15) is 10.4 Å². The van der Waals surface area contributed by atoms with Gasteiger partial charge >= 0.3 is 5.97 Å². The van der Waals surface area contributed by atoms with E-state index in [0.29, 0.717) is 13.2 Å².